The van der Waals surface area contributed by atoms with Gasteiger partial charge < -0.3 is 5.32 Å². The highest BCUT2D eigenvalue weighted by Gasteiger charge is 2.02. The molecular formula is C11H9N3. The van der Waals surface area contributed by atoms with E-state index < -0.39 is 0 Å². The van der Waals surface area contributed by atoms with Gasteiger partial charge in [-0.1, -0.05) is 18.2 Å². The summed E-state index contributed by atoms with van der Waals surface area (Å²) >= 11 is 0. The van der Waals surface area contributed by atoms with Gasteiger partial charge in [0.15, 0.2) is 0 Å². The highest BCUT2D eigenvalue weighted by Crippen LogP contribution is 2.21. The van der Waals surface area contributed by atoms with E-state index in [4.69, 9.17) is 5.26 Å². The summed E-state index contributed by atoms with van der Waals surface area (Å²) < 4.78 is 0. The van der Waals surface area contributed by atoms with Crippen LogP contribution in [0, 0.1) is 11.3 Å². The van der Waals surface area contributed by atoms with Crippen molar-refractivity contribution >= 4 is 16.6 Å². The Kier molecular flexibility index (Phi) is 2.04. The SMILES string of the molecule is CNc1cc(C#N)nc2ccccc12. The van der Waals surface area contributed by atoms with Gasteiger partial charge in [0.1, 0.15) is 11.8 Å². The van der Waals surface area contributed by atoms with E-state index in [1.54, 1.807) is 6.07 Å². The van der Waals surface area contributed by atoms with Gasteiger partial charge in [0.05, 0.1) is 5.52 Å². The van der Waals surface area contributed by atoms with Crippen LogP contribution in [0.25, 0.3) is 10.9 Å². The molecule has 3 nitrogen and oxygen atoms in total. The zero-order chi connectivity index (χ0) is 9.97. The number of fused-ring (bicyclic) bond motifs is 1. The van der Waals surface area contributed by atoms with Gasteiger partial charge in [-0.2, -0.15) is 5.26 Å². The molecule has 0 aliphatic carbocycles. The average Bonchev–Trinajstić information content (AvgIpc) is 2.27. The Labute approximate surface area is 82.0 Å². The smallest absolute Gasteiger partial charge is 0.143 e. The van der Waals surface area contributed by atoms with Crippen LogP contribution in [0.1, 0.15) is 5.69 Å². The minimum atomic E-state index is 0.438. The Balaban J connectivity index is 2.81. The molecule has 2 aromatic rings. The molecule has 0 aliphatic heterocycles. The third kappa shape index (κ3) is 1.27. The molecule has 0 amide bonds. The minimum absolute atomic E-state index is 0.438. The molecule has 1 aromatic carbocycles. The van der Waals surface area contributed by atoms with Crippen LogP contribution in [-0.2, 0) is 0 Å². The van der Waals surface area contributed by atoms with E-state index in [-0.39, 0.29) is 0 Å². The lowest BCUT2D eigenvalue weighted by Crippen LogP contribution is -1.93. The average molecular weight is 183 g/mol. The van der Waals surface area contributed by atoms with Crippen LogP contribution in [0.5, 0.6) is 0 Å². The molecule has 3 heteroatoms. The minimum Gasteiger partial charge on any atom is -0.387 e. The molecule has 0 fully saturated rings. The van der Waals surface area contributed by atoms with Crippen molar-refractivity contribution < 1.29 is 0 Å². The van der Waals surface area contributed by atoms with E-state index in [1.807, 2.05) is 37.4 Å². The Morgan fingerprint density at radius 2 is 2.14 bits per heavy atom. The van der Waals surface area contributed by atoms with Crippen molar-refractivity contribution in [1.82, 2.24) is 4.98 Å². The molecule has 1 heterocycles. The van der Waals surface area contributed by atoms with Gasteiger partial charge in [0.25, 0.3) is 0 Å². The first-order valence-corrected chi connectivity index (χ1v) is 4.33. The highest BCUT2D eigenvalue weighted by atomic mass is 14.8. The molecule has 0 bridgehead atoms. The van der Waals surface area contributed by atoms with Gasteiger partial charge in [-0.3, -0.25) is 0 Å². The number of nitrogens with one attached hydrogen (secondary N) is 1. The monoisotopic (exact) mass is 183 g/mol. The molecule has 0 radical (unpaired) electrons. The predicted molar refractivity (Wildman–Crippen MR) is 56.0 cm³/mol. The van der Waals surface area contributed by atoms with Crippen LogP contribution in [0.2, 0.25) is 0 Å². The molecule has 0 unspecified atom stereocenters. The molecule has 68 valence electrons. The third-order valence-electron chi connectivity index (χ3n) is 2.10. The van der Waals surface area contributed by atoms with Crippen LogP contribution < -0.4 is 5.32 Å². The van der Waals surface area contributed by atoms with E-state index in [9.17, 15) is 0 Å². The molecule has 0 saturated carbocycles. The zero-order valence-corrected chi connectivity index (χ0v) is 7.78. The lowest BCUT2D eigenvalue weighted by atomic mass is 10.1. The summed E-state index contributed by atoms with van der Waals surface area (Å²) in [4.78, 5) is 4.20. The van der Waals surface area contributed by atoms with Crippen LogP contribution >= 0.6 is 0 Å². The first-order valence-electron chi connectivity index (χ1n) is 4.33. The third-order valence-corrected chi connectivity index (χ3v) is 2.10. The number of nitrogens with zero attached hydrogens (tertiary/aromatic N) is 2. The number of hydrogen-bond donors (Lipinski definition) is 1. The van der Waals surface area contributed by atoms with Gasteiger partial charge in [-0.15, -0.1) is 0 Å². The van der Waals surface area contributed by atoms with Crippen LogP contribution in [0.4, 0.5) is 5.69 Å². The summed E-state index contributed by atoms with van der Waals surface area (Å²) in [5.41, 5.74) is 2.22. The van der Waals surface area contributed by atoms with Crippen molar-refractivity contribution in [3.05, 3.63) is 36.0 Å². The standard InChI is InChI=1S/C11H9N3/c1-13-11-6-8(7-12)14-10-5-3-2-4-9(10)11/h2-6H,1H3,(H,13,14). The lowest BCUT2D eigenvalue weighted by Gasteiger charge is -2.05. The van der Waals surface area contributed by atoms with Crippen LogP contribution in [-0.4, -0.2) is 12.0 Å². The number of aromatic nitrogens is 1. The number of hydrogen-bond acceptors (Lipinski definition) is 3. The first kappa shape index (κ1) is 8.52. The molecule has 0 saturated heterocycles. The number of rotatable bonds is 1. The Bertz CT molecular complexity index is 511. The van der Waals surface area contributed by atoms with Crippen molar-refractivity contribution in [1.29, 1.82) is 5.26 Å². The van der Waals surface area contributed by atoms with Crippen molar-refractivity contribution in [3.63, 3.8) is 0 Å². The number of nitriles is 1. The normalized spacial score (nSPS) is 9.71. The maximum absolute atomic E-state index is 8.78. The fourth-order valence-corrected chi connectivity index (χ4v) is 1.44. The number of anilines is 1. The summed E-state index contributed by atoms with van der Waals surface area (Å²) in [6, 6.07) is 11.5. The van der Waals surface area contributed by atoms with Gasteiger partial charge in [-0.05, 0) is 12.1 Å². The predicted octanol–water partition coefficient (Wildman–Crippen LogP) is 2.15. The summed E-state index contributed by atoms with van der Waals surface area (Å²) in [6.45, 7) is 0. The first-order chi connectivity index (χ1) is 6.85. The molecule has 2 rings (SSSR count). The quantitative estimate of drug-likeness (QED) is 0.736. The van der Waals surface area contributed by atoms with Gasteiger partial charge in [0.2, 0.25) is 0 Å². The van der Waals surface area contributed by atoms with Crippen molar-refractivity contribution in [2.24, 2.45) is 0 Å². The maximum atomic E-state index is 8.78. The van der Waals surface area contributed by atoms with E-state index in [2.05, 4.69) is 10.3 Å². The summed E-state index contributed by atoms with van der Waals surface area (Å²) in [7, 11) is 1.84. The molecular weight excluding hydrogens is 174 g/mol. The molecule has 0 aliphatic rings. The van der Waals surface area contributed by atoms with Gasteiger partial charge >= 0.3 is 0 Å². The Morgan fingerprint density at radius 1 is 1.36 bits per heavy atom. The van der Waals surface area contributed by atoms with Crippen molar-refractivity contribution in [2.45, 2.75) is 0 Å². The number of benzene rings is 1. The fraction of sp³-hybridized carbons (Fsp3) is 0.0909. The number of para-hydroxylation sites is 1. The molecule has 0 spiro atoms. The second-order valence-corrected chi connectivity index (χ2v) is 2.93. The summed E-state index contributed by atoms with van der Waals surface area (Å²) in [6.07, 6.45) is 0. The largest absolute Gasteiger partial charge is 0.387 e. The van der Waals surface area contributed by atoms with Crippen molar-refractivity contribution in [3.8, 4) is 6.07 Å². The Morgan fingerprint density at radius 3 is 2.86 bits per heavy atom. The maximum Gasteiger partial charge on any atom is 0.143 e. The van der Waals surface area contributed by atoms with Crippen LogP contribution in [0.3, 0.4) is 0 Å². The molecule has 0 atom stereocenters. The highest BCUT2D eigenvalue weighted by molar-refractivity contribution is 5.91. The van der Waals surface area contributed by atoms with Gasteiger partial charge in [-0.25, -0.2) is 4.98 Å². The van der Waals surface area contributed by atoms with E-state index in [0.29, 0.717) is 5.69 Å². The zero-order valence-electron chi connectivity index (χ0n) is 7.78. The van der Waals surface area contributed by atoms with E-state index in [1.165, 1.54) is 0 Å². The van der Waals surface area contributed by atoms with Crippen molar-refractivity contribution in [2.75, 3.05) is 12.4 Å². The van der Waals surface area contributed by atoms with E-state index >= 15 is 0 Å². The van der Waals surface area contributed by atoms with E-state index in [0.717, 1.165) is 16.6 Å². The number of pyridine rings is 1. The Hall–Kier alpha value is -2.08. The topological polar surface area (TPSA) is 48.7 Å². The fourth-order valence-electron chi connectivity index (χ4n) is 1.44. The molecule has 1 N–H and O–H groups in total. The second kappa shape index (κ2) is 3.35. The molecule has 1 aromatic heterocycles. The molecule has 14 heavy (non-hydrogen) atoms. The van der Waals surface area contributed by atoms with Gasteiger partial charge in [0, 0.05) is 18.1 Å². The summed E-state index contributed by atoms with van der Waals surface area (Å²) in [5.74, 6) is 0. The summed E-state index contributed by atoms with van der Waals surface area (Å²) in [5, 5.41) is 12.9. The van der Waals surface area contributed by atoms with Crippen LogP contribution in [0.15, 0.2) is 30.3 Å². The second-order valence-electron chi connectivity index (χ2n) is 2.93. The lowest BCUT2D eigenvalue weighted by molar-refractivity contribution is 1.32.